The van der Waals surface area contributed by atoms with Gasteiger partial charge in [-0.1, -0.05) is 31.5 Å². The Morgan fingerprint density at radius 3 is 2.75 bits per heavy atom. The highest BCUT2D eigenvalue weighted by molar-refractivity contribution is 5.82. The zero-order valence-corrected chi connectivity index (χ0v) is 12.5. The van der Waals surface area contributed by atoms with Gasteiger partial charge in [0.2, 0.25) is 0 Å². The standard InChI is InChI=1S/C17H24N2O/c1-3-4-9-19(10-11-20)13-15-12-14(2)18-17-8-6-5-7-16(15)17/h5-8,12,20H,3-4,9-11,13H2,1-2H3. The summed E-state index contributed by atoms with van der Waals surface area (Å²) in [6.45, 7) is 7.10. The number of rotatable bonds is 7. The Kier molecular flexibility index (Phi) is 5.50. The molecule has 0 aliphatic rings. The molecular formula is C17H24N2O. The minimum absolute atomic E-state index is 0.214. The van der Waals surface area contributed by atoms with E-state index in [1.807, 2.05) is 13.0 Å². The Hall–Kier alpha value is -1.45. The smallest absolute Gasteiger partial charge is 0.0708 e. The zero-order valence-electron chi connectivity index (χ0n) is 12.5. The summed E-state index contributed by atoms with van der Waals surface area (Å²) in [6, 6.07) is 10.5. The lowest BCUT2D eigenvalue weighted by Gasteiger charge is -2.22. The van der Waals surface area contributed by atoms with E-state index < -0.39 is 0 Å². The molecule has 0 fully saturated rings. The van der Waals surface area contributed by atoms with Crippen molar-refractivity contribution in [2.75, 3.05) is 19.7 Å². The lowest BCUT2D eigenvalue weighted by molar-refractivity contribution is 0.189. The summed E-state index contributed by atoms with van der Waals surface area (Å²) in [5, 5.41) is 10.4. The van der Waals surface area contributed by atoms with Crippen molar-refractivity contribution in [3.8, 4) is 0 Å². The predicted molar refractivity (Wildman–Crippen MR) is 83.8 cm³/mol. The van der Waals surface area contributed by atoms with E-state index in [0.717, 1.165) is 30.8 Å². The summed E-state index contributed by atoms with van der Waals surface area (Å²) in [6.07, 6.45) is 2.35. The molecule has 108 valence electrons. The average molecular weight is 272 g/mol. The molecule has 1 aromatic heterocycles. The number of nitrogens with zero attached hydrogens (tertiary/aromatic N) is 2. The molecule has 0 amide bonds. The van der Waals surface area contributed by atoms with Crippen LogP contribution in [0.5, 0.6) is 0 Å². The lowest BCUT2D eigenvalue weighted by Crippen LogP contribution is -2.27. The van der Waals surface area contributed by atoms with Gasteiger partial charge in [-0.25, -0.2) is 0 Å². The van der Waals surface area contributed by atoms with E-state index >= 15 is 0 Å². The van der Waals surface area contributed by atoms with Gasteiger partial charge in [0, 0.05) is 24.2 Å². The first-order chi connectivity index (χ1) is 9.74. The molecule has 1 aromatic carbocycles. The molecule has 0 spiro atoms. The number of para-hydroxylation sites is 1. The van der Waals surface area contributed by atoms with Crippen LogP contribution >= 0.6 is 0 Å². The molecule has 1 heterocycles. The molecule has 2 aromatic rings. The van der Waals surface area contributed by atoms with Crippen LogP contribution in [0.3, 0.4) is 0 Å². The second-order valence-corrected chi connectivity index (χ2v) is 5.29. The molecular weight excluding hydrogens is 248 g/mol. The Labute approximate surface area is 121 Å². The van der Waals surface area contributed by atoms with E-state index in [4.69, 9.17) is 0 Å². The van der Waals surface area contributed by atoms with Crippen molar-refractivity contribution >= 4 is 10.9 Å². The van der Waals surface area contributed by atoms with Crippen molar-refractivity contribution in [2.24, 2.45) is 0 Å². The monoisotopic (exact) mass is 272 g/mol. The first-order valence-electron chi connectivity index (χ1n) is 7.43. The molecule has 0 bridgehead atoms. The molecule has 2 rings (SSSR count). The van der Waals surface area contributed by atoms with Gasteiger partial charge in [0.05, 0.1) is 12.1 Å². The van der Waals surface area contributed by atoms with Crippen molar-refractivity contribution in [3.63, 3.8) is 0 Å². The Morgan fingerprint density at radius 1 is 1.20 bits per heavy atom. The van der Waals surface area contributed by atoms with Gasteiger partial charge in [-0.15, -0.1) is 0 Å². The highest BCUT2D eigenvalue weighted by Crippen LogP contribution is 2.20. The summed E-state index contributed by atoms with van der Waals surface area (Å²) in [5.41, 5.74) is 3.41. The highest BCUT2D eigenvalue weighted by atomic mass is 16.3. The summed E-state index contributed by atoms with van der Waals surface area (Å²) >= 11 is 0. The molecule has 0 saturated heterocycles. The fraction of sp³-hybridized carbons (Fsp3) is 0.471. The SMILES string of the molecule is CCCCN(CCO)Cc1cc(C)nc2ccccc12. The van der Waals surface area contributed by atoms with Crippen LogP contribution in [-0.2, 0) is 6.54 Å². The third-order valence-corrected chi connectivity index (χ3v) is 3.57. The van der Waals surface area contributed by atoms with E-state index in [1.54, 1.807) is 0 Å². The van der Waals surface area contributed by atoms with Gasteiger partial charge in [-0.05, 0) is 37.6 Å². The van der Waals surface area contributed by atoms with Crippen LogP contribution in [-0.4, -0.2) is 34.7 Å². The maximum absolute atomic E-state index is 9.23. The van der Waals surface area contributed by atoms with Crippen LogP contribution in [0.1, 0.15) is 31.0 Å². The van der Waals surface area contributed by atoms with Crippen LogP contribution in [0.2, 0.25) is 0 Å². The second kappa shape index (κ2) is 7.36. The van der Waals surface area contributed by atoms with Crippen LogP contribution < -0.4 is 0 Å². The van der Waals surface area contributed by atoms with Gasteiger partial charge in [0.25, 0.3) is 0 Å². The molecule has 0 aliphatic carbocycles. The van der Waals surface area contributed by atoms with E-state index in [9.17, 15) is 5.11 Å². The van der Waals surface area contributed by atoms with Crippen LogP contribution in [0.15, 0.2) is 30.3 Å². The maximum atomic E-state index is 9.23. The van der Waals surface area contributed by atoms with Crippen molar-refractivity contribution in [3.05, 3.63) is 41.6 Å². The van der Waals surface area contributed by atoms with Crippen molar-refractivity contribution < 1.29 is 5.11 Å². The number of aryl methyl sites for hydroxylation is 1. The molecule has 0 radical (unpaired) electrons. The van der Waals surface area contributed by atoms with Gasteiger partial charge in [-0.3, -0.25) is 9.88 Å². The molecule has 0 aliphatic heterocycles. The number of pyridine rings is 1. The maximum Gasteiger partial charge on any atom is 0.0708 e. The van der Waals surface area contributed by atoms with E-state index in [0.29, 0.717) is 0 Å². The summed E-state index contributed by atoms with van der Waals surface area (Å²) < 4.78 is 0. The minimum Gasteiger partial charge on any atom is -0.395 e. The Balaban J connectivity index is 2.26. The molecule has 1 N–H and O–H groups in total. The minimum atomic E-state index is 0.214. The number of aromatic nitrogens is 1. The van der Waals surface area contributed by atoms with Gasteiger partial charge in [-0.2, -0.15) is 0 Å². The summed E-state index contributed by atoms with van der Waals surface area (Å²) in [7, 11) is 0. The van der Waals surface area contributed by atoms with Gasteiger partial charge >= 0.3 is 0 Å². The van der Waals surface area contributed by atoms with Crippen LogP contribution in [0, 0.1) is 6.92 Å². The first-order valence-corrected chi connectivity index (χ1v) is 7.43. The molecule has 3 heteroatoms. The largest absolute Gasteiger partial charge is 0.395 e. The molecule has 0 atom stereocenters. The topological polar surface area (TPSA) is 36.4 Å². The fourth-order valence-corrected chi connectivity index (χ4v) is 2.56. The number of hydrogen-bond donors (Lipinski definition) is 1. The van der Waals surface area contributed by atoms with Gasteiger partial charge in [0.15, 0.2) is 0 Å². The Morgan fingerprint density at radius 2 is 2.00 bits per heavy atom. The summed E-state index contributed by atoms with van der Waals surface area (Å²) in [4.78, 5) is 6.91. The quantitative estimate of drug-likeness (QED) is 0.841. The predicted octanol–water partition coefficient (Wildman–Crippen LogP) is 3.14. The Bertz CT molecular complexity index is 554. The molecule has 0 saturated carbocycles. The lowest BCUT2D eigenvalue weighted by atomic mass is 10.1. The van der Waals surface area contributed by atoms with E-state index in [-0.39, 0.29) is 6.61 Å². The average Bonchev–Trinajstić information content (AvgIpc) is 2.44. The van der Waals surface area contributed by atoms with Crippen molar-refractivity contribution in [1.82, 2.24) is 9.88 Å². The number of aliphatic hydroxyl groups is 1. The highest BCUT2D eigenvalue weighted by Gasteiger charge is 2.09. The number of hydrogen-bond acceptors (Lipinski definition) is 3. The van der Waals surface area contributed by atoms with Crippen molar-refractivity contribution in [2.45, 2.75) is 33.2 Å². The first kappa shape index (κ1) is 14.9. The molecule has 20 heavy (non-hydrogen) atoms. The van der Waals surface area contributed by atoms with Crippen molar-refractivity contribution in [1.29, 1.82) is 0 Å². The van der Waals surface area contributed by atoms with Crippen LogP contribution in [0.25, 0.3) is 10.9 Å². The fourth-order valence-electron chi connectivity index (χ4n) is 2.56. The zero-order chi connectivity index (χ0) is 14.4. The normalized spacial score (nSPS) is 11.4. The third kappa shape index (κ3) is 3.78. The van der Waals surface area contributed by atoms with Gasteiger partial charge < -0.3 is 5.11 Å². The summed E-state index contributed by atoms with van der Waals surface area (Å²) in [5.74, 6) is 0. The second-order valence-electron chi connectivity index (χ2n) is 5.29. The number of unbranched alkanes of at least 4 members (excludes halogenated alkanes) is 1. The molecule has 0 unspecified atom stereocenters. The van der Waals surface area contributed by atoms with E-state index in [2.05, 4.69) is 41.1 Å². The van der Waals surface area contributed by atoms with Crippen LogP contribution in [0.4, 0.5) is 0 Å². The molecule has 3 nitrogen and oxygen atoms in total. The number of aliphatic hydroxyl groups excluding tert-OH is 1. The van der Waals surface area contributed by atoms with Gasteiger partial charge in [0.1, 0.15) is 0 Å². The number of fused-ring (bicyclic) bond motifs is 1. The van der Waals surface area contributed by atoms with E-state index in [1.165, 1.54) is 23.8 Å². The number of benzene rings is 1. The third-order valence-electron chi connectivity index (χ3n) is 3.57.